The summed E-state index contributed by atoms with van der Waals surface area (Å²) in [6.07, 6.45) is 0.975. The minimum Gasteiger partial charge on any atom is -0.478 e. The molecule has 1 aromatic carbocycles. The van der Waals surface area contributed by atoms with E-state index in [1.54, 1.807) is 0 Å². The fourth-order valence-electron chi connectivity index (χ4n) is 1.41. The van der Waals surface area contributed by atoms with Gasteiger partial charge in [0.2, 0.25) is 0 Å². The molecule has 98 valence electrons. The smallest absolute Gasteiger partial charge is 0.338 e. The van der Waals surface area contributed by atoms with E-state index >= 15 is 0 Å². The zero-order valence-electron chi connectivity index (χ0n) is 10.3. The van der Waals surface area contributed by atoms with E-state index in [1.165, 1.54) is 12.1 Å². The summed E-state index contributed by atoms with van der Waals surface area (Å²) in [5, 5.41) is 22.6. The summed E-state index contributed by atoms with van der Waals surface area (Å²) in [6, 6.07) is 3.80. The fraction of sp³-hybridized carbons (Fsp3) is 0.417. The lowest BCUT2D eigenvalue weighted by molar-refractivity contribution is -0.384. The van der Waals surface area contributed by atoms with E-state index in [9.17, 15) is 14.9 Å². The molecule has 0 aromatic heterocycles. The first-order valence-corrected chi connectivity index (χ1v) is 5.71. The molecule has 0 bridgehead atoms. The van der Waals surface area contributed by atoms with E-state index in [-0.39, 0.29) is 11.3 Å². The summed E-state index contributed by atoms with van der Waals surface area (Å²) < 4.78 is 0. The van der Waals surface area contributed by atoms with Gasteiger partial charge in [-0.2, -0.15) is 0 Å². The third kappa shape index (κ3) is 3.44. The highest BCUT2D eigenvalue weighted by Crippen LogP contribution is 2.22. The van der Waals surface area contributed by atoms with Gasteiger partial charge in [-0.3, -0.25) is 10.1 Å². The Morgan fingerprint density at radius 3 is 2.72 bits per heavy atom. The average Bonchev–Trinajstić information content (AvgIpc) is 2.35. The number of carbonyl (C=O) groups is 1. The van der Waals surface area contributed by atoms with Crippen molar-refractivity contribution in [3.8, 4) is 0 Å². The highest BCUT2D eigenvalue weighted by molar-refractivity contribution is 5.95. The summed E-state index contributed by atoms with van der Waals surface area (Å²) in [6.45, 7) is 4.72. The summed E-state index contributed by atoms with van der Waals surface area (Å²) in [4.78, 5) is 21.0. The summed E-state index contributed by atoms with van der Waals surface area (Å²) in [5.41, 5.74) is 0.113. The Hall–Kier alpha value is -2.11. The minimum absolute atomic E-state index is 0.0764. The molecule has 0 fully saturated rings. The number of rotatable bonds is 6. The van der Waals surface area contributed by atoms with Crippen LogP contribution in [0.15, 0.2) is 18.2 Å². The molecule has 0 amide bonds. The SMILES string of the molecule is CCC(C)CNc1ccc([N+](=O)[O-])cc1C(=O)O. The van der Waals surface area contributed by atoms with Crippen LogP contribution in [0.5, 0.6) is 0 Å². The highest BCUT2D eigenvalue weighted by atomic mass is 16.6. The van der Waals surface area contributed by atoms with Crippen molar-refractivity contribution in [2.45, 2.75) is 20.3 Å². The number of hydrogen-bond acceptors (Lipinski definition) is 4. The molecule has 0 saturated heterocycles. The van der Waals surface area contributed by atoms with E-state index < -0.39 is 10.9 Å². The lowest BCUT2D eigenvalue weighted by Crippen LogP contribution is -2.13. The quantitative estimate of drug-likeness (QED) is 0.599. The Labute approximate surface area is 105 Å². The van der Waals surface area contributed by atoms with Crippen molar-refractivity contribution < 1.29 is 14.8 Å². The van der Waals surface area contributed by atoms with Crippen LogP contribution in [0.25, 0.3) is 0 Å². The maximum absolute atomic E-state index is 11.0. The third-order valence-electron chi connectivity index (χ3n) is 2.78. The van der Waals surface area contributed by atoms with Gasteiger partial charge in [0, 0.05) is 24.4 Å². The first-order valence-electron chi connectivity index (χ1n) is 5.71. The van der Waals surface area contributed by atoms with Gasteiger partial charge in [-0.15, -0.1) is 0 Å². The number of non-ortho nitro benzene ring substituents is 1. The average molecular weight is 252 g/mol. The number of benzene rings is 1. The first kappa shape index (κ1) is 14.0. The van der Waals surface area contributed by atoms with Crippen LogP contribution in [0.4, 0.5) is 11.4 Å². The van der Waals surface area contributed by atoms with Gasteiger partial charge in [0.15, 0.2) is 0 Å². The van der Waals surface area contributed by atoms with Crippen LogP contribution in [0.2, 0.25) is 0 Å². The van der Waals surface area contributed by atoms with Crippen molar-refractivity contribution in [3.63, 3.8) is 0 Å². The Kier molecular flexibility index (Phi) is 4.65. The van der Waals surface area contributed by atoms with E-state index in [4.69, 9.17) is 5.11 Å². The lowest BCUT2D eigenvalue weighted by atomic mass is 10.1. The maximum Gasteiger partial charge on any atom is 0.338 e. The molecule has 2 N–H and O–H groups in total. The number of nitro benzene ring substituents is 1. The lowest BCUT2D eigenvalue weighted by Gasteiger charge is -2.13. The van der Waals surface area contributed by atoms with Crippen molar-refractivity contribution in [3.05, 3.63) is 33.9 Å². The topological polar surface area (TPSA) is 92.5 Å². The van der Waals surface area contributed by atoms with Crippen LogP contribution in [-0.4, -0.2) is 22.5 Å². The minimum atomic E-state index is -1.18. The van der Waals surface area contributed by atoms with Crippen LogP contribution in [0.1, 0.15) is 30.6 Å². The fourth-order valence-corrected chi connectivity index (χ4v) is 1.41. The molecule has 6 nitrogen and oxygen atoms in total. The van der Waals surface area contributed by atoms with Crippen LogP contribution in [0.3, 0.4) is 0 Å². The molecule has 6 heteroatoms. The second-order valence-corrected chi connectivity index (χ2v) is 4.19. The van der Waals surface area contributed by atoms with Crippen molar-refractivity contribution >= 4 is 17.3 Å². The predicted molar refractivity (Wildman–Crippen MR) is 68.0 cm³/mol. The van der Waals surface area contributed by atoms with E-state index in [1.807, 2.05) is 13.8 Å². The molecule has 1 aromatic rings. The van der Waals surface area contributed by atoms with Crippen molar-refractivity contribution in [1.29, 1.82) is 0 Å². The second-order valence-electron chi connectivity index (χ2n) is 4.19. The molecule has 0 heterocycles. The predicted octanol–water partition coefficient (Wildman–Crippen LogP) is 2.75. The van der Waals surface area contributed by atoms with Crippen LogP contribution >= 0.6 is 0 Å². The maximum atomic E-state index is 11.0. The van der Waals surface area contributed by atoms with Crippen molar-refractivity contribution in [2.75, 3.05) is 11.9 Å². The van der Waals surface area contributed by atoms with Gasteiger partial charge in [0.05, 0.1) is 10.5 Å². The molecule has 1 atom stereocenters. The molecule has 0 spiro atoms. The number of nitrogens with one attached hydrogen (secondary N) is 1. The van der Waals surface area contributed by atoms with Crippen molar-refractivity contribution in [1.82, 2.24) is 0 Å². The van der Waals surface area contributed by atoms with Gasteiger partial charge in [0.25, 0.3) is 5.69 Å². The number of carboxylic acids is 1. The Morgan fingerprint density at radius 1 is 1.56 bits per heavy atom. The van der Waals surface area contributed by atoms with Gasteiger partial charge in [-0.1, -0.05) is 20.3 Å². The molecular weight excluding hydrogens is 236 g/mol. The Bertz CT molecular complexity index is 459. The number of nitrogens with zero attached hydrogens (tertiary/aromatic N) is 1. The van der Waals surface area contributed by atoms with E-state index in [0.717, 1.165) is 12.5 Å². The van der Waals surface area contributed by atoms with E-state index in [0.29, 0.717) is 18.2 Å². The summed E-state index contributed by atoms with van der Waals surface area (Å²) >= 11 is 0. The highest BCUT2D eigenvalue weighted by Gasteiger charge is 2.16. The normalized spacial score (nSPS) is 11.9. The monoisotopic (exact) mass is 252 g/mol. The number of anilines is 1. The molecule has 1 unspecified atom stereocenters. The summed E-state index contributed by atoms with van der Waals surface area (Å²) in [7, 11) is 0. The molecule has 0 aliphatic rings. The molecule has 18 heavy (non-hydrogen) atoms. The molecule has 0 radical (unpaired) electrons. The second kappa shape index (κ2) is 6.00. The van der Waals surface area contributed by atoms with Crippen molar-refractivity contribution in [2.24, 2.45) is 5.92 Å². The molecule has 1 rings (SSSR count). The number of nitro groups is 1. The van der Waals surface area contributed by atoms with Gasteiger partial charge < -0.3 is 10.4 Å². The number of carboxylic acid groups (broad SMARTS) is 1. The van der Waals surface area contributed by atoms with Crippen LogP contribution in [0, 0.1) is 16.0 Å². The Morgan fingerprint density at radius 2 is 2.22 bits per heavy atom. The van der Waals surface area contributed by atoms with Gasteiger partial charge >= 0.3 is 5.97 Å². The largest absolute Gasteiger partial charge is 0.478 e. The van der Waals surface area contributed by atoms with Crippen LogP contribution in [-0.2, 0) is 0 Å². The van der Waals surface area contributed by atoms with Gasteiger partial charge in [-0.05, 0) is 12.0 Å². The molecule has 0 aliphatic carbocycles. The van der Waals surface area contributed by atoms with E-state index in [2.05, 4.69) is 5.32 Å². The zero-order chi connectivity index (χ0) is 13.7. The molecule has 0 aliphatic heterocycles. The van der Waals surface area contributed by atoms with Crippen LogP contribution < -0.4 is 5.32 Å². The van der Waals surface area contributed by atoms with Gasteiger partial charge in [-0.25, -0.2) is 4.79 Å². The number of hydrogen-bond donors (Lipinski definition) is 2. The third-order valence-corrected chi connectivity index (χ3v) is 2.78. The zero-order valence-corrected chi connectivity index (χ0v) is 10.3. The standard InChI is InChI=1S/C12H16N2O4/c1-3-8(2)7-13-11-5-4-9(14(17)18)6-10(11)12(15)16/h4-6,8,13H,3,7H2,1-2H3,(H,15,16). The number of aromatic carboxylic acids is 1. The molecular formula is C12H16N2O4. The van der Waals surface area contributed by atoms with Gasteiger partial charge in [0.1, 0.15) is 0 Å². The first-order chi connectivity index (χ1) is 8.45. The Balaban J connectivity index is 2.97. The molecule has 0 saturated carbocycles. The summed E-state index contributed by atoms with van der Waals surface area (Å²) in [5.74, 6) is -0.771.